The van der Waals surface area contributed by atoms with Gasteiger partial charge >= 0.3 is 5.97 Å². The van der Waals surface area contributed by atoms with E-state index in [1.165, 1.54) is 7.11 Å². The van der Waals surface area contributed by atoms with Crippen molar-refractivity contribution < 1.29 is 19.1 Å². The highest BCUT2D eigenvalue weighted by molar-refractivity contribution is 9.10. The molecular formula is C13H13BrO4. The van der Waals surface area contributed by atoms with Gasteiger partial charge in [-0.1, -0.05) is 28.1 Å². The predicted molar refractivity (Wildman–Crippen MR) is 69.3 cm³/mol. The van der Waals surface area contributed by atoms with Crippen molar-refractivity contribution in [2.45, 2.75) is 17.7 Å². The Kier molecular flexibility index (Phi) is 4.01. The van der Waals surface area contributed by atoms with Gasteiger partial charge in [0, 0.05) is 11.1 Å². The first-order valence-electron chi connectivity index (χ1n) is 5.63. The predicted octanol–water partition coefficient (Wildman–Crippen LogP) is 2.13. The van der Waals surface area contributed by atoms with Crippen molar-refractivity contribution in [2.24, 2.45) is 0 Å². The Morgan fingerprint density at radius 3 is 3.00 bits per heavy atom. The van der Waals surface area contributed by atoms with E-state index in [9.17, 15) is 9.59 Å². The van der Waals surface area contributed by atoms with E-state index >= 15 is 0 Å². The summed E-state index contributed by atoms with van der Waals surface area (Å²) in [7, 11) is 1.31. The number of ketones is 1. The second-order valence-corrected chi connectivity index (χ2v) is 5.12. The molecule has 0 amide bonds. The molecule has 0 radical (unpaired) electrons. The highest BCUT2D eigenvalue weighted by Gasteiger charge is 2.27. The zero-order valence-corrected chi connectivity index (χ0v) is 11.5. The number of Topliss-reactive ketones (excluding diaryl/α,β-unsaturated/α-hetero) is 1. The second kappa shape index (κ2) is 5.52. The van der Waals surface area contributed by atoms with Crippen LogP contribution in [0.25, 0.3) is 0 Å². The van der Waals surface area contributed by atoms with Gasteiger partial charge in [-0.05, 0) is 18.9 Å². The van der Waals surface area contributed by atoms with Crippen LogP contribution in [0.4, 0.5) is 0 Å². The van der Waals surface area contributed by atoms with Crippen molar-refractivity contribution in [2.75, 3.05) is 13.7 Å². The Labute approximate surface area is 113 Å². The molecule has 1 unspecified atom stereocenters. The molecule has 0 saturated carbocycles. The third kappa shape index (κ3) is 2.56. The number of benzene rings is 1. The van der Waals surface area contributed by atoms with Crippen molar-refractivity contribution in [3.63, 3.8) is 0 Å². The molecule has 1 atom stereocenters. The average molecular weight is 313 g/mol. The highest BCUT2D eigenvalue weighted by Crippen LogP contribution is 2.32. The van der Waals surface area contributed by atoms with Crippen LogP contribution in [0.1, 0.15) is 22.3 Å². The van der Waals surface area contributed by atoms with Crippen LogP contribution in [0.15, 0.2) is 18.2 Å². The zero-order chi connectivity index (χ0) is 13.1. The number of rotatable bonds is 3. The van der Waals surface area contributed by atoms with Crippen LogP contribution in [-0.2, 0) is 16.0 Å². The van der Waals surface area contributed by atoms with E-state index in [4.69, 9.17) is 4.74 Å². The molecule has 2 rings (SSSR count). The van der Waals surface area contributed by atoms with Crippen LogP contribution in [0.2, 0.25) is 0 Å². The number of carbonyl (C=O) groups is 2. The monoisotopic (exact) mass is 312 g/mol. The van der Waals surface area contributed by atoms with E-state index in [2.05, 4.69) is 20.7 Å². The molecule has 0 spiro atoms. The topological polar surface area (TPSA) is 52.6 Å². The summed E-state index contributed by atoms with van der Waals surface area (Å²) in [6.07, 6.45) is 1.50. The first-order valence-corrected chi connectivity index (χ1v) is 6.55. The summed E-state index contributed by atoms with van der Waals surface area (Å²) < 4.78 is 9.91. The standard InChI is InChI=1S/C13H13BrO4/c1-17-12(15)7-18-11-4-2-3-9-8(11)5-6-10(14)13(9)16/h2-4,10H,5-7H2,1H3. The Morgan fingerprint density at radius 2 is 2.28 bits per heavy atom. The lowest BCUT2D eigenvalue weighted by molar-refractivity contribution is -0.142. The maximum atomic E-state index is 12.0. The number of hydrogen-bond acceptors (Lipinski definition) is 4. The fourth-order valence-electron chi connectivity index (χ4n) is 1.96. The van der Waals surface area contributed by atoms with Crippen molar-refractivity contribution >= 4 is 27.7 Å². The Balaban J connectivity index is 2.23. The first kappa shape index (κ1) is 13.1. The molecule has 1 aromatic rings. The van der Waals surface area contributed by atoms with Gasteiger partial charge in [0.1, 0.15) is 5.75 Å². The lowest BCUT2D eigenvalue weighted by Crippen LogP contribution is -2.23. The smallest absolute Gasteiger partial charge is 0.343 e. The molecule has 4 nitrogen and oxygen atoms in total. The third-order valence-electron chi connectivity index (χ3n) is 2.90. The van der Waals surface area contributed by atoms with Crippen molar-refractivity contribution in [3.8, 4) is 5.75 Å². The van der Waals surface area contributed by atoms with Crippen molar-refractivity contribution in [1.82, 2.24) is 0 Å². The summed E-state index contributed by atoms with van der Waals surface area (Å²) in [4.78, 5) is 22.9. The molecule has 1 aliphatic carbocycles. The van der Waals surface area contributed by atoms with Gasteiger partial charge in [-0.15, -0.1) is 0 Å². The number of hydrogen-bond donors (Lipinski definition) is 0. The molecular weight excluding hydrogens is 300 g/mol. The summed E-state index contributed by atoms with van der Waals surface area (Å²) >= 11 is 3.36. The second-order valence-electron chi connectivity index (χ2n) is 4.02. The quantitative estimate of drug-likeness (QED) is 0.634. The van der Waals surface area contributed by atoms with E-state index in [0.717, 1.165) is 18.4 Å². The lowest BCUT2D eigenvalue weighted by Gasteiger charge is -2.21. The largest absolute Gasteiger partial charge is 0.482 e. The highest BCUT2D eigenvalue weighted by atomic mass is 79.9. The van der Waals surface area contributed by atoms with Crippen LogP contribution in [-0.4, -0.2) is 30.3 Å². The van der Waals surface area contributed by atoms with Crippen molar-refractivity contribution in [1.29, 1.82) is 0 Å². The number of methoxy groups -OCH3 is 1. The minimum absolute atomic E-state index is 0.0692. The minimum Gasteiger partial charge on any atom is -0.482 e. The molecule has 0 N–H and O–H groups in total. The van der Waals surface area contributed by atoms with Crippen LogP contribution in [0.5, 0.6) is 5.75 Å². The van der Waals surface area contributed by atoms with E-state index in [1.54, 1.807) is 18.2 Å². The normalized spacial score (nSPS) is 18.1. The zero-order valence-electron chi connectivity index (χ0n) is 9.94. The molecule has 18 heavy (non-hydrogen) atoms. The van der Waals surface area contributed by atoms with Gasteiger partial charge in [-0.2, -0.15) is 0 Å². The number of alkyl halides is 1. The van der Waals surface area contributed by atoms with Crippen molar-refractivity contribution in [3.05, 3.63) is 29.3 Å². The Hall–Kier alpha value is -1.36. The molecule has 0 aromatic heterocycles. The number of ether oxygens (including phenoxy) is 2. The van der Waals surface area contributed by atoms with Gasteiger partial charge < -0.3 is 9.47 Å². The maximum absolute atomic E-state index is 12.0. The Bertz CT molecular complexity index is 484. The summed E-state index contributed by atoms with van der Waals surface area (Å²) in [6, 6.07) is 5.31. The molecule has 5 heteroatoms. The molecule has 0 aliphatic heterocycles. The fraction of sp³-hybridized carbons (Fsp3) is 0.385. The van der Waals surface area contributed by atoms with Gasteiger partial charge in [-0.3, -0.25) is 4.79 Å². The number of carbonyl (C=O) groups excluding carboxylic acids is 2. The minimum atomic E-state index is -0.437. The molecule has 0 fully saturated rings. The summed E-state index contributed by atoms with van der Waals surface area (Å²) in [6.45, 7) is -0.140. The molecule has 1 aromatic carbocycles. The Morgan fingerprint density at radius 1 is 1.50 bits per heavy atom. The molecule has 0 saturated heterocycles. The summed E-state index contributed by atoms with van der Waals surface area (Å²) in [5.74, 6) is 0.221. The van der Waals surface area contributed by atoms with E-state index in [0.29, 0.717) is 11.3 Å². The molecule has 1 aliphatic rings. The average Bonchev–Trinajstić information content (AvgIpc) is 2.40. The number of fused-ring (bicyclic) bond motifs is 1. The van der Waals surface area contributed by atoms with Crippen LogP contribution < -0.4 is 4.74 Å². The SMILES string of the molecule is COC(=O)COc1cccc2c1CCC(Br)C2=O. The van der Waals surface area contributed by atoms with Gasteiger partial charge in [-0.25, -0.2) is 4.79 Å². The summed E-state index contributed by atoms with van der Waals surface area (Å²) in [5.41, 5.74) is 1.55. The molecule has 0 heterocycles. The van der Waals surface area contributed by atoms with Gasteiger partial charge in [0.15, 0.2) is 12.4 Å². The lowest BCUT2D eigenvalue weighted by atomic mass is 9.90. The van der Waals surface area contributed by atoms with E-state index in [-0.39, 0.29) is 17.2 Å². The fourth-order valence-corrected chi connectivity index (χ4v) is 2.43. The number of esters is 1. The van der Waals surface area contributed by atoms with Gasteiger partial charge in [0.2, 0.25) is 0 Å². The van der Waals surface area contributed by atoms with E-state index in [1.807, 2.05) is 0 Å². The summed E-state index contributed by atoms with van der Waals surface area (Å²) in [5, 5.41) is 0. The van der Waals surface area contributed by atoms with Crippen LogP contribution in [0.3, 0.4) is 0 Å². The molecule has 0 bridgehead atoms. The van der Waals surface area contributed by atoms with Gasteiger partial charge in [0.25, 0.3) is 0 Å². The maximum Gasteiger partial charge on any atom is 0.343 e. The van der Waals surface area contributed by atoms with E-state index < -0.39 is 5.97 Å². The van der Waals surface area contributed by atoms with Gasteiger partial charge in [0.05, 0.1) is 11.9 Å². The third-order valence-corrected chi connectivity index (χ3v) is 3.78. The number of halogens is 1. The first-order chi connectivity index (χ1) is 8.63. The van der Waals surface area contributed by atoms with Crippen LogP contribution >= 0.6 is 15.9 Å². The van der Waals surface area contributed by atoms with Crippen LogP contribution in [0, 0.1) is 0 Å². The molecule has 96 valence electrons.